The van der Waals surface area contributed by atoms with Gasteiger partial charge < -0.3 is 4.57 Å². The van der Waals surface area contributed by atoms with Gasteiger partial charge in [0, 0.05) is 18.8 Å². The van der Waals surface area contributed by atoms with Crippen LogP contribution in [0.2, 0.25) is 0 Å². The van der Waals surface area contributed by atoms with Crippen molar-refractivity contribution < 1.29 is 0 Å². The van der Waals surface area contributed by atoms with Gasteiger partial charge in [0.15, 0.2) is 0 Å². The van der Waals surface area contributed by atoms with E-state index in [1.165, 1.54) is 5.56 Å². The van der Waals surface area contributed by atoms with E-state index in [9.17, 15) is 4.79 Å². The maximum atomic E-state index is 12.0. The van der Waals surface area contributed by atoms with E-state index < -0.39 is 0 Å². The lowest BCUT2D eigenvalue weighted by atomic mass is 10.00. The average Bonchev–Trinajstić information content (AvgIpc) is 2.33. The third-order valence-electron chi connectivity index (χ3n) is 3.03. The van der Waals surface area contributed by atoms with E-state index in [2.05, 4.69) is 26.0 Å². The molecule has 0 saturated heterocycles. The summed E-state index contributed by atoms with van der Waals surface area (Å²) in [6.45, 7) is 4.42. The quantitative estimate of drug-likeness (QED) is 0.808. The Balaban J connectivity index is 2.35. The first kappa shape index (κ1) is 12.6. The zero-order valence-electron chi connectivity index (χ0n) is 11.2. The SMILES string of the molecule is CC(C)Cc1ccc(-c2cccn(C)c2=O)cc1. The maximum absolute atomic E-state index is 12.0. The molecule has 2 aromatic rings. The monoisotopic (exact) mass is 241 g/mol. The van der Waals surface area contributed by atoms with E-state index in [1.54, 1.807) is 17.8 Å². The van der Waals surface area contributed by atoms with Gasteiger partial charge in [-0.3, -0.25) is 4.79 Å². The lowest BCUT2D eigenvalue weighted by Crippen LogP contribution is -2.17. The van der Waals surface area contributed by atoms with Crippen molar-refractivity contribution in [2.75, 3.05) is 0 Å². The molecule has 0 aliphatic rings. The molecule has 0 spiro atoms. The van der Waals surface area contributed by atoms with Crippen molar-refractivity contribution in [3.8, 4) is 11.1 Å². The summed E-state index contributed by atoms with van der Waals surface area (Å²) < 4.78 is 1.61. The van der Waals surface area contributed by atoms with Gasteiger partial charge in [0.1, 0.15) is 0 Å². The number of nitrogens with zero attached hydrogens (tertiary/aromatic N) is 1. The Hall–Kier alpha value is -1.83. The van der Waals surface area contributed by atoms with Gasteiger partial charge in [0.25, 0.3) is 5.56 Å². The Morgan fingerprint density at radius 1 is 1.11 bits per heavy atom. The molecule has 0 radical (unpaired) electrons. The number of aromatic nitrogens is 1. The fourth-order valence-corrected chi connectivity index (χ4v) is 2.11. The number of aryl methyl sites for hydroxylation is 1. The summed E-state index contributed by atoms with van der Waals surface area (Å²) >= 11 is 0. The Labute approximate surface area is 108 Å². The van der Waals surface area contributed by atoms with E-state index in [1.807, 2.05) is 24.3 Å². The number of benzene rings is 1. The van der Waals surface area contributed by atoms with Gasteiger partial charge in [-0.05, 0) is 35.6 Å². The third kappa shape index (κ3) is 2.70. The minimum Gasteiger partial charge on any atom is -0.318 e. The minimum absolute atomic E-state index is 0.0501. The van der Waals surface area contributed by atoms with Crippen molar-refractivity contribution in [1.82, 2.24) is 4.57 Å². The van der Waals surface area contributed by atoms with Crippen molar-refractivity contribution in [3.05, 3.63) is 58.5 Å². The molecule has 0 aliphatic carbocycles. The summed E-state index contributed by atoms with van der Waals surface area (Å²) in [5.74, 6) is 0.653. The molecule has 0 N–H and O–H groups in total. The molecule has 0 atom stereocenters. The molecule has 1 heterocycles. The van der Waals surface area contributed by atoms with Crippen molar-refractivity contribution >= 4 is 0 Å². The fraction of sp³-hybridized carbons (Fsp3) is 0.312. The molecule has 2 rings (SSSR count). The van der Waals surface area contributed by atoms with Crippen LogP contribution in [0.25, 0.3) is 11.1 Å². The highest BCUT2D eigenvalue weighted by Gasteiger charge is 2.04. The standard InChI is InChI=1S/C16H19NO/c1-12(2)11-13-6-8-14(9-7-13)15-5-4-10-17(3)16(15)18/h4-10,12H,11H2,1-3H3. The van der Waals surface area contributed by atoms with Crippen molar-refractivity contribution in [1.29, 1.82) is 0 Å². The van der Waals surface area contributed by atoms with Crippen LogP contribution in [0, 0.1) is 5.92 Å². The van der Waals surface area contributed by atoms with Crippen LogP contribution in [0.3, 0.4) is 0 Å². The number of pyridine rings is 1. The fourth-order valence-electron chi connectivity index (χ4n) is 2.11. The second-order valence-corrected chi connectivity index (χ2v) is 5.13. The first-order valence-electron chi connectivity index (χ1n) is 6.33. The van der Waals surface area contributed by atoms with Gasteiger partial charge in [0.2, 0.25) is 0 Å². The Morgan fingerprint density at radius 2 is 1.78 bits per heavy atom. The van der Waals surface area contributed by atoms with Crippen molar-refractivity contribution in [2.24, 2.45) is 13.0 Å². The van der Waals surface area contributed by atoms with Gasteiger partial charge in [-0.1, -0.05) is 38.1 Å². The first-order valence-corrected chi connectivity index (χ1v) is 6.33. The molecule has 94 valence electrons. The molecule has 0 unspecified atom stereocenters. The second kappa shape index (κ2) is 5.21. The first-order chi connectivity index (χ1) is 8.58. The van der Waals surface area contributed by atoms with E-state index >= 15 is 0 Å². The molecule has 2 nitrogen and oxygen atoms in total. The highest BCUT2D eigenvalue weighted by Crippen LogP contribution is 2.17. The highest BCUT2D eigenvalue weighted by molar-refractivity contribution is 5.62. The largest absolute Gasteiger partial charge is 0.318 e. The van der Waals surface area contributed by atoms with Crippen LogP contribution in [-0.4, -0.2) is 4.57 Å². The summed E-state index contributed by atoms with van der Waals surface area (Å²) in [4.78, 5) is 12.0. The van der Waals surface area contributed by atoms with E-state index in [-0.39, 0.29) is 5.56 Å². The van der Waals surface area contributed by atoms with Crippen molar-refractivity contribution in [2.45, 2.75) is 20.3 Å². The molecule has 1 aromatic heterocycles. The van der Waals surface area contributed by atoms with Gasteiger partial charge in [-0.25, -0.2) is 0 Å². The zero-order chi connectivity index (χ0) is 13.1. The molecule has 0 aliphatic heterocycles. The molecule has 0 bridgehead atoms. The van der Waals surface area contributed by atoms with Crippen LogP contribution < -0.4 is 5.56 Å². The van der Waals surface area contributed by atoms with Gasteiger partial charge in [-0.15, -0.1) is 0 Å². The maximum Gasteiger partial charge on any atom is 0.258 e. The average molecular weight is 241 g/mol. The molecule has 18 heavy (non-hydrogen) atoms. The lowest BCUT2D eigenvalue weighted by Gasteiger charge is -2.07. The van der Waals surface area contributed by atoms with E-state index in [4.69, 9.17) is 0 Å². The van der Waals surface area contributed by atoms with E-state index in [0.29, 0.717) is 5.92 Å². The molecule has 0 amide bonds. The lowest BCUT2D eigenvalue weighted by molar-refractivity contribution is 0.647. The zero-order valence-corrected chi connectivity index (χ0v) is 11.2. The Bertz CT molecular complexity index is 579. The number of hydrogen-bond donors (Lipinski definition) is 0. The summed E-state index contributed by atoms with van der Waals surface area (Å²) in [6, 6.07) is 12.1. The molecule has 2 heteroatoms. The molecule has 0 fully saturated rings. The third-order valence-corrected chi connectivity index (χ3v) is 3.03. The summed E-state index contributed by atoms with van der Waals surface area (Å²) in [5.41, 5.74) is 3.12. The van der Waals surface area contributed by atoms with E-state index in [0.717, 1.165) is 17.5 Å². The summed E-state index contributed by atoms with van der Waals surface area (Å²) in [6.07, 6.45) is 2.85. The summed E-state index contributed by atoms with van der Waals surface area (Å²) in [5, 5.41) is 0. The highest BCUT2D eigenvalue weighted by atomic mass is 16.1. The van der Waals surface area contributed by atoms with Crippen LogP contribution in [0.5, 0.6) is 0 Å². The summed E-state index contributed by atoms with van der Waals surface area (Å²) in [7, 11) is 1.78. The van der Waals surface area contributed by atoms with Crippen LogP contribution in [0.1, 0.15) is 19.4 Å². The number of rotatable bonds is 3. The van der Waals surface area contributed by atoms with Crippen LogP contribution >= 0.6 is 0 Å². The van der Waals surface area contributed by atoms with Gasteiger partial charge in [-0.2, -0.15) is 0 Å². The molecule has 1 aromatic carbocycles. The van der Waals surface area contributed by atoms with Crippen LogP contribution in [0.15, 0.2) is 47.4 Å². The van der Waals surface area contributed by atoms with Crippen LogP contribution in [0.4, 0.5) is 0 Å². The predicted octanol–water partition coefficient (Wildman–Crippen LogP) is 3.25. The minimum atomic E-state index is 0.0501. The molecule has 0 saturated carbocycles. The van der Waals surface area contributed by atoms with Gasteiger partial charge >= 0.3 is 0 Å². The molecular weight excluding hydrogens is 222 g/mol. The van der Waals surface area contributed by atoms with Gasteiger partial charge in [0.05, 0.1) is 0 Å². The Morgan fingerprint density at radius 3 is 2.39 bits per heavy atom. The smallest absolute Gasteiger partial charge is 0.258 e. The Kier molecular flexibility index (Phi) is 3.66. The van der Waals surface area contributed by atoms with Crippen LogP contribution in [-0.2, 0) is 13.5 Å². The number of hydrogen-bond acceptors (Lipinski definition) is 1. The normalized spacial score (nSPS) is 10.9. The molecular formula is C16H19NO. The predicted molar refractivity (Wildman–Crippen MR) is 75.7 cm³/mol. The topological polar surface area (TPSA) is 22.0 Å². The van der Waals surface area contributed by atoms with Crippen molar-refractivity contribution in [3.63, 3.8) is 0 Å². The second-order valence-electron chi connectivity index (χ2n) is 5.13.